The molecule has 2 unspecified atom stereocenters. The van der Waals surface area contributed by atoms with E-state index in [1.54, 1.807) is 0 Å². The summed E-state index contributed by atoms with van der Waals surface area (Å²) < 4.78 is 0. The van der Waals surface area contributed by atoms with Gasteiger partial charge in [0, 0.05) is 70.3 Å². The summed E-state index contributed by atoms with van der Waals surface area (Å²) in [6, 6.07) is 24.8. The molecule has 2 fully saturated rings. The van der Waals surface area contributed by atoms with E-state index in [4.69, 9.17) is 9.97 Å². The summed E-state index contributed by atoms with van der Waals surface area (Å²) in [5, 5.41) is 39.6. The average Bonchev–Trinajstić information content (AvgIpc) is 2.75. The second-order valence-corrected chi connectivity index (χ2v) is 14.0. The lowest BCUT2D eigenvalue weighted by Gasteiger charge is -2.40. The summed E-state index contributed by atoms with van der Waals surface area (Å²) in [4.78, 5) is 18.5. The molecule has 4 heterocycles. The Morgan fingerprint density at radius 2 is 0.643 bits per heavy atom. The van der Waals surface area contributed by atoms with Crippen molar-refractivity contribution >= 4 is 37.4 Å². The standard InChI is InChI=1S/2C20H24BN3O2.16C2H6/c1-21(26)24-11-9-23(10-12-24)20-18-7-3-2-6-17(18)16(14-25)13-15-5-4-8-22-19(15)20;1-21(26)24-11-9-23(10-12-24)20-18-6-3-2-5-15(18)13-16(14-25)17-7-4-8-22-19(17)20;16*1-2/h2*2-8,13,20,25-26H,9-12,14H2,1H3;16*1-2H3. The van der Waals surface area contributed by atoms with E-state index in [2.05, 4.69) is 80.1 Å². The lowest BCUT2D eigenvalue weighted by molar-refractivity contribution is 0.144. The maximum absolute atomic E-state index is 9.94. The van der Waals surface area contributed by atoms with Gasteiger partial charge < -0.3 is 29.9 Å². The smallest absolute Gasteiger partial charge is 0.376 e. The van der Waals surface area contributed by atoms with Crippen LogP contribution in [0.4, 0.5) is 0 Å². The summed E-state index contributed by atoms with van der Waals surface area (Å²) in [5.74, 6) is 0. The lowest BCUT2D eigenvalue weighted by atomic mass is 9.84. The minimum absolute atomic E-state index is 0.00441. The van der Waals surface area contributed by atoms with Crippen molar-refractivity contribution in [2.75, 3.05) is 65.6 Å². The van der Waals surface area contributed by atoms with Crippen LogP contribution in [0.5, 0.6) is 0 Å². The summed E-state index contributed by atoms with van der Waals surface area (Å²) in [7, 11) is -0.821. The largest absolute Gasteiger partial charge is 0.437 e. The van der Waals surface area contributed by atoms with Gasteiger partial charge in [0.25, 0.3) is 0 Å². The van der Waals surface area contributed by atoms with Gasteiger partial charge in [0.1, 0.15) is 0 Å². The molecule has 0 radical (unpaired) electrons. The quantitative estimate of drug-likeness (QED) is 0.139. The molecule has 2 saturated heterocycles. The molecule has 10 nitrogen and oxygen atoms in total. The fraction of sp³-hybridized carbons (Fsp3) is 0.639. The predicted octanol–water partition coefficient (Wildman–Crippen LogP) is 19.9. The van der Waals surface area contributed by atoms with E-state index in [1.165, 1.54) is 11.1 Å². The minimum atomic E-state index is -0.411. The normalized spacial score (nSPS) is 14.0. The number of piperazine rings is 2. The number of rotatable bonds is 6. The number of hydrogen-bond donors (Lipinski definition) is 4. The van der Waals surface area contributed by atoms with E-state index in [9.17, 15) is 20.3 Å². The second kappa shape index (κ2) is 79.0. The van der Waals surface area contributed by atoms with Crippen LogP contribution in [0.25, 0.3) is 23.3 Å². The zero-order valence-corrected chi connectivity index (χ0v) is 62.1. The van der Waals surface area contributed by atoms with Crippen molar-refractivity contribution in [1.82, 2.24) is 29.4 Å². The third-order valence-electron chi connectivity index (χ3n) is 11.0. The molecular weight excluding hydrogens is 1030 g/mol. The third-order valence-corrected chi connectivity index (χ3v) is 11.0. The molecule has 0 spiro atoms. The van der Waals surface area contributed by atoms with Gasteiger partial charge in [0.15, 0.2) is 0 Å². The molecule has 4 aromatic rings. The van der Waals surface area contributed by atoms with Gasteiger partial charge in [-0.25, -0.2) is 0 Å². The number of hydrogen-bond acceptors (Lipinski definition) is 10. The average molecular weight is 1180 g/mol. The van der Waals surface area contributed by atoms with Gasteiger partial charge in [-0.15, -0.1) is 0 Å². The molecule has 4 aliphatic rings. The van der Waals surface area contributed by atoms with Crippen LogP contribution in [0.15, 0.2) is 85.2 Å². The topological polar surface area (TPSA) is 120 Å². The van der Waals surface area contributed by atoms with Crippen LogP contribution < -0.4 is 0 Å². The lowest BCUT2D eigenvalue weighted by Crippen LogP contribution is -2.52. The van der Waals surface area contributed by atoms with Gasteiger partial charge in [0.2, 0.25) is 0 Å². The Balaban J connectivity index is -0.000000111. The number of nitrogens with zero attached hydrogens (tertiary/aromatic N) is 6. The van der Waals surface area contributed by atoms with E-state index in [-0.39, 0.29) is 25.3 Å². The highest BCUT2D eigenvalue weighted by Gasteiger charge is 2.35. The van der Waals surface area contributed by atoms with Gasteiger partial charge in [-0.2, -0.15) is 0 Å². The molecule has 8 rings (SSSR count). The van der Waals surface area contributed by atoms with Crippen LogP contribution in [0.1, 0.15) is 278 Å². The number of benzene rings is 2. The third kappa shape index (κ3) is 36.9. The molecule has 2 aromatic heterocycles. The second-order valence-electron chi connectivity index (χ2n) is 14.0. The Kier molecular flexibility index (Phi) is 95.9. The first-order valence-electron chi connectivity index (χ1n) is 34.4. The minimum Gasteiger partial charge on any atom is -0.437 e. The molecule has 2 aliphatic heterocycles. The maximum Gasteiger partial charge on any atom is 0.376 e. The first-order valence-corrected chi connectivity index (χ1v) is 34.4. The number of aliphatic hydroxyl groups excluding tert-OH is 2. The van der Waals surface area contributed by atoms with Gasteiger partial charge in [-0.1, -0.05) is 282 Å². The van der Waals surface area contributed by atoms with Crippen molar-refractivity contribution < 1.29 is 20.3 Å². The fourth-order valence-corrected chi connectivity index (χ4v) is 8.17. The predicted molar refractivity (Wildman–Crippen MR) is 390 cm³/mol. The maximum atomic E-state index is 9.94. The molecule has 0 saturated carbocycles. The van der Waals surface area contributed by atoms with Crippen LogP contribution in [0.3, 0.4) is 0 Å². The highest BCUT2D eigenvalue weighted by atomic mass is 16.3. The SMILES string of the molecule is CB(O)N1CCN(C2c3ccccc3C(CO)=Cc3cccnc32)CC1.CB(O)N1CCN(C2c3ccccc3C=C(CO)c3cccnc32)CC1.CC.CC.CC.CC.CC.CC.CC.CC.CC.CC.CC.CC.CC.CC.CC.CC. The molecule has 84 heavy (non-hydrogen) atoms. The Labute approximate surface area is 527 Å². The van der Waals surface area contributed by atoms with Gasteiger partial charge in [-0.05, 0) is 76.9 Å². The Morgan fingerprint density at radius 1 is 0.357 bits per heavy atom. The van der Waals surface area contributed by atoms with Crippen LogP contribution in [-0.2, 0) is 0 Å². The Hall–Kier alpha value is -3.97. The van der Waals surface area contributed by atoms with Crippen molar-refractivity contribution in [2.45, 2.75) is 247 Å². The van der Waals surface area contributed by atoms with E-state index in [0.29, 0.717) is 0 Å². The van der Waals surface area contributed by atoms with E-state index >= 15 is 0 Å². The van der Waals surface area contributed by atoms with Crippen LogP contribution >= 0.6 is 0 Å². The van der Waals surface area contributed by atoms with Crippen molar-refractivity contribution in [3.63, 3.8) is 0 Å². The Bertz CT molecular complexity index is 1780. The van der Waals surface area contributed by atoms with Crippen molar-refractivity contribution in [3.05, 3.63) is 130 Å². The summed E-state index contributed by atoms with van der Waals surface area (Å²) in [5.41, 5.74) is 10.6. The van der Waals surface area contributed by atoms with Gasteiger partial charge >= 0.3 is 14.1 Å². The first kappa shape index (κ1) is 102. The van der Waals surface area contributed by atoms with E-state index in [1.807, 2.05) is 272 Å². The zero-order valence-electron chi connectivity index (χ0n) is 62.1. The number of aromatic nitrogens is 2. The first-order chi connectivity index (χ1) is 41.4. The highest BCUT2D eigenvalue weighted by molar-refractivity contribution is 6.45. The number of fused-ring (bicyclic) bond motifs is 4. The van der Waals surface area contributed by atoms with Crippen molar-refractivity contribution in [3.8, 4) is 0 Å². The molecule has 2 atom stereocenters. The van der Waals surface area contributed by atoms with E-state index in [0.717, 1.165) is 97.1 Å². The van der Waals surface area contributed by atoms with Gasteiger partial charge in [0.05, 0.1) is 36.7 Å². The van der Waals surface area contributed by atoms with Crippen LogP contribution in [-0.4, -0.2) is 129 Å². The number of aliphatic hydroxyl groups is 2. The summed E-state index contributed by atoms with van der Waals surface area (Å²) in [6.45, 7) is 74.5. The molecule has 492 valence electrons. The van der Waals surface area contributed by atoms with Gasteiger partial charge in [-0.3, -0.25) is 19.8 Å². The monoisotopic (exact) mass is 1180 g/mol. The molecule has 0 bridgehead atoms. The molecular formula is C72H144B2N6O4. The summed E-state index contributed by atoms with van der Waals surface area (Å²) in [6.07, 6.45) is 7.83. The number of pyridine rings is 2. The summed E-state index contributed by atoms with van der Waals surface area (Å²) >= 11 is 0. The Morgan fingerprint density at radius 3 is 1.02 bits per heavy atom. The molecule has 0 amide bonds. The molecule has 4 N–H and O–H groups in total. The highest BCUT2D eigenvalue weighted by Crippen LogP contribution is 2.40. The fourth-order valence-electron chi connectivity index (χ4n) is 8.17. The van der Waals surface area contributed by atoms with Crippen molar-refractivity contribution in [2.24, 2.45) is 0 Å². The van der Waals surface area contributed by atoms with E-state index < -0.39 is 14.1 Å². The molecule has 12 heteroatoms. The van der Waals surface area contributed by atoms with Crippen LogP contribution in [0.2, 0.25) is 13.6 Å². The van der Waals surface area contributed by atoms with Crippen LogP contribution in [0, 0.1) is 0 Å². The zero-order chi connectivity index (χ0) is 68.2. The molecule has 2 aliphatic carbocycles. The van der Waals surface area contributed by atoms with Crippen molar-refractivity contribution in [1.29, 1.82) is 0 Å². The molecule has 2 aromatic carbocycles.